The summed E-state index contributed by atoms with van der Waals surface area (Å²) in [7, 11) is -4.10. The van der Waals surface area contributed by atoms with Gasteiger partial charge in [0.25, 0.3) is 5.91 Å². The molecule has 38 heavy (non-hydrogen) atoms. The first-order chi connectivity index (χ1) is 18.3. The van der Waals surface area contributed by atoms with Crippen LogP contribution in [0, 0.1) is 12.7 Å². The van der Waals surface area contributed by atoms with Crippen molar-refractivity contribution in [2.45, 2.75) is 18.4 Å². The molecule has 0 aliphatic carbocycles. The van der Waals surface area contributed by atoms with Gasteiger partial charge in [-0.05, 0) is 55.0 Å². The number of sulfonamides is 1. The van der Waals surface area contributed by atoms with Gasteiger partial charge in [-0.15, -0.1) is 0 Å². The molecule has 9 heteroatoms. The van der Waals surface area contributed by atoms with Gasteiger partial charge in [-0.3, -0.25) is 4.79 Å². The zero-order chi connectivity index (χ0) is 27.0. The van der Waals surface area contributed by atoms with Crippen LogP contribution in [0.15, 0.2) is 113 Å². The molecule has 0 saturated carbocycles. The highest BCUT2D eigenvalue weighted by Crippen LogP contribution is 2.22. The number of ether oxygens (including phenoxy) is 1. The molecule has 0 saturated heterocycles. The Morgan fingerprint density at radius 3 is 2.34 bits per heavy atom. The highest BCUT2D eigenvalue weighted by atomic mass is 32.2. The molecule has 0 radical (unpaired) electrons. The van der Waals surface area contributed by atoms with Crippen LogP contribution in [-0.4, -0.2) is 31.4 Å². The maximum absolute atomic E-state index is 14.3. The maximum atomic E-state index is 14.3. The van der Waals surface area contributed by atoms with Crippen molar-refractivity contribution in [2.75, 3.05) is 6.54 Å². The van der Waals surface area contributed by atoms with E-state index in [1.54, 1.807) is 42.5 Å². The van der Waals surface area contributed by atoms with Crippen LogP contribution in [0.2, 0.25) is 0 Å². The lowest BCUT2D eigenvalue weighted by atomic mass is 10.2. The molecule has 0 aliphatic rings. The van der Waals surface area contributed by atoms with Gasteiger partial charge >= 0.3 is 0 Å². The first kappa shape index (κ1) is 26.7. The molecular weight excluding hydrogens is 505 g/mol. The minimum absolute atomic E-state index is 0.00553. The lowest BCUT2D eigenvalue weighted by molar-refractivity contribution is -0.121. The van der Waals surface area contributed by atoms with Crippen molar-refractivity contribution in [2.24, 2.45) is 5.10 Å². The fourth-order valence-corrected chi connectivity index (χ4v) is 4.93. The molecule has 0 aromatic heterocycles. The van der Waals surface area contributed by atoms with Crippen LogP contribution in [0.5, 0.6) is 11.5 Å². The molecule has 0 bridgehead atoms. The molecule has 0 spiro atoms. The summed E-state index contributed by atoms with van der Waals surface area (Å²) in [5, 5.41) is 3.96. The van der Waals surface area contributed by atoms with Crippen LogP contribution in [0.4, 0.5) is 4.39 Å². The molecule has 0 atom stereocenters. The van der Waals surface area contributed by atoms with Crippen molar-refractivity contribution in [1.82, 2.24) is 9.73 Å². The molecule has 0 aliphatic heterocycles. The highest BCUT2D eigenvalue weighted by Gasteiger charge is 2.27. The van der Waals surface area contributed by atoms with Crippen LogP contribution in [0.3, 0.4) is 0 Å². The predicted octanol–water partition coefficient (Wildman–Crippen LogP) is 5.27. The third-order valence-corrected chi connectivity index (χ3v) is 7.33. The summed E-state index contributed by atoms with van der Waals surface area (Å²) < 4.78 is 47.8. The summed E-state index contributed by atoms with van der Waals surface area (Å²) in [4.78, 5) is 12.7. The molecule has 194 valence electrons. The molecular formula is C29H26FN3O4S. The molecule has 7 nitrogen and oxygen atoms in total. The van der Waals surface area contributed by atoms with Gasteiger partial charge in [-0.1, -0.05) is 66.2 Å². The van der Waals surface area contributed by atoms with E-state index in [1.807, 2.05) is 37.3 Å². The second kappa shape index (κ2) is 12.3. The molecule has 1 amide bonds. The number of hydrogen-bond acceptors (Lipinski definition) is 5. The van der Waals surface area contributed by atoms with Gasteiger partial charge in [-0.2, -0.15) is 9.41 Å². The van der Waals surface area contributed by atoms with E-state index in [1.165, 1.54) is 36.5 Å². The summed E-state index contributed by atoms with van der Waals surface area (Å²) in [6.45, 7) is 0.959. The van der Waals surface area contributed by atoms with E-state index in [0.29, 0.717) is 17.1 Å². The zero-order valence-electron chi connectivity index (χ0n) is 20.6. The number of amides is 1. The van der Waals surface area contributed by atoms with Crippen molar-refractivity contribution in [3.63, 3.8) is 0 Å². The fourth-order valence-electron chi connectivity index (χ4n) is 3.56. The Bertz CT molecular complexity index is 1530. The van der Waals surface area contributed by atoms with Crippen LogP contribution in [0.1, 0.15) is 16.7 Å². The quantitative estimate of drug-likeness (QED) is 0.223. The van der Waals surface area contributed by atoms with Crippen molar-refractivity contribution in [3.05, 3.63) is 126 Å². The molecule has 0 heterocycles. The number of hydrogen-bond donors (Lipinski definition) is 1. The Kier molecular flexibility index (Phi) is 8.62. The average Bonchev–Trinajstić information content (AvgIpc) is 2.90. The van der Waals surface area contributed by atoms with E-state index in [9.17, 15) is 17.6 Å². The van der Waals surface area contributed by atoms with Gasteiger partial charge in [-0.25, -0.2) is 18.2 Å². The third-order valence-electron chi connectivity index (χ3n) is 5.52. The molecule has 0 fully saturated rings. The predicted molar refractivity (Wildman–Crippen MR) is 144 cm³/mol. The highest BCUT2D eigenvalue weighted by molar-refractivity contribution is 7.89. The lowest BCUT2D eigenvalue weighted by Crippen LogP contribution is -2.39. The van der Waals surface area contributed by atoms with Gasteiger partial charge in [0, 0.05) is 12.1 Å². The summed E-state index contributed by atoms with van der Waals surface area (Å²) in [5.74, 6) is 0.0314. The zero-order valence-corrected chi connectivity index (χ0v) is 21.4. The first-order valence-corrected chi connectivity index (χ1v) is 13.2. The normalized spacial score (nSPS) is 11.6. The van der Waals surface area contributed by atoms with Crippen molar-refractivity contribution in [3.8, 4) is 11.5 Å². The Morgan fingerprint density at radius 1 is 0.921 bits per heavy atom. The van der Waals surface area contributed by atoms with Crippen LogP contribution in [0.25, 0.3) is 0 Å². The summed E-state index contributed by atoms with van der Waals surface area (Å²) in [6, 6.07) is 28.5. The van der Waals surface area contributed by atoms with E-state index in [4.69, 9.17) is 4.74 Å². The number of carbonyl (C=O) groups is 1. The van der Waals surface area contributed by atoms with E-state index in [0.717, 1.165) is 9.87 Å². The summed E-state index contributed by atoms with van der Waals surface area (Å²) in [5.41, 5.74) is 4.05. The number of para-hydroxylation sites is 1. The Morgan fingerprint density at radius 2 is 1.61 bits per heavy atom. The van der Waals surface area contributed by atoms with Crippen LogP contribution >= 0.6 is 0 Å². The van der Waals surface area contributed by atoms with E-state index < -0.39 is 28.3 Å². The standard InChI is InChI=1S/C29H26FN3O4S/c1-22-14-16-27(17-15-22)38(35,36)33(20-24-9-5-6-13-28(24)30)21-29(34)32-31-19-23-8-7-12-26(18-23)37-25-10-3-2-4-11-25/h2-19H,20-21H2,1H3,(H,32,34)/b31-19-. The van der Waals surface area contributed by atoms with Crippen LogP contribution in [-0.2, 0) is 21.4 Å². The molecule has 4 rings (SSSR count). The second-order valence-corrected chi connectivity index (χ2v) is 10.4. The Labute approximate surface area is 221 Å². The van der Waals surface area contributed by atoms with Gasteiger partial charge in [0.15, 0.2) is 0 Å². The van der Waals surface area contributed by atoms with E-state index >= 15 is 0 Å². The van der Waals surface area contributed by atoms with Crippen molar-refractivity contribution in [1.29, 1.82) is 0 Å². The summed E-state index contributed by atoms with van der Waals surface area (Å²) in [6.07, 6.45) is 1.42. The number of carbonyl (C=O) groups excluding carboxylic acids is 1. The fraction of sp³-hybridized carbons (Fsp3) is 0.103. The lowest BCUT2D eigenvalue weighted by Gasteiger charge is -2.22. The van der Waals surface area contributed by atoms with E-state index in [-0.39, 0.29) is 17.0 Å². The maximum Gasteiger partial charge on any atom is 0.255 e. The number of nitrogens with one attached hydrogen (secondary N) is 1. The summed E-state index contributed by atoms with van der Waals surface area (Å²) >= 11 is 0. The largest absolute Gasteiger partial charge is 0.457 e. The SMILES string of the molecule is Cc1ccc(S(=O)(=O)N(CC(=O)N/N=C\c2cccc(Oc3ccccc3)c2)Cc2ccccc2F)cc1. The number of rotatable bonds is 10. The topological polar surface area (TPSA) is 88.1 Å². The number of benzene rings is 4. The minimum atomic E-state index is -4.10. The van der Waals surface area contributed by atoms with Crippen LogP contribution < -0.4 is 10.2 Å². The molecule has 1 N–H and O–H groups in total. The number of halogens is 1. The molecule has 0 unspecified atom stereocenters. The van der Waals surface area contributed by atoms with E-state index in [2.05, 4.69) is 10.5 Å². The van der Waals surface area contributed by atoms with Crippen molar-refractivity contribution >= 4 is 22.1 Å². The minimum Gasteiger partial charge on any atom is -0.457 e. The van der Waals surface area contributed by atoms with Gasteiger partial charge in [0.05, 0.1) is 17.7 Å². The Balaban J connectivity index is 1.47. The van der Waals surface area contributed by atoms with Gasteiger partial charge in [0.2, 0.25) is 10.0 Å². The average molecular weight is 532 g/mol. The Hall–Kier alpha value is -4.34. The molecule has 4 aromatic rings. The van der Waals surface area contributed by atoms with Crippen molar-refractivity contribution < 1.29 is 22.3 Å². The monoisotopic (exact) mass is 531 g/mol. The third kappa shape index (κ3) is 7.12. The number of nitrogens with zero attached hydrogens (tertiary/aromatic N) is 2. The van der Waals surface area contributed by atoms with Gasteiger partial charge < -0.3 is 4.74 Å². The van der Waals surface area contributed by atoms with Gasteiger partial charge in [0.1, 0.15) is 17.3 Å². The molecule has 4 aromatic carbocycles. The number of hydrazone groups is 1. The smallest absolute Gasteiger partial charge is 0.255 e. The second-order valence-electron chi connectivity index (χ2n) is 8.46. The first-order valence-electron chi connectivity index (χ1n) is 11.8. The number of aryl methyl sites for hydroxylation is 1.